The Hall–Kier alpha value is -2.67. The number of amides is 1. The Morgan fingerprint density at radius 2 is 1.96 bits per heavy atom. The maximum absolute atomic E-state index is 12.1. The minimum atomic E-state index is -0.258. The van der Waals surface area contributed by atoms with Gasteiger partial charge >= 0.3 is 0 Å². The molecule has 0 atom stereocenters. The quantitative estimate of drug-likeness (QED) is 0.724. The lowest BCUT2D eigenvalue weighted by Crippen LogP contribution is -2.40. The number of nitrogens with zero attached hydrogens (tertiary/aromatic N) is 2. The summed E-state index contributed by atoms with van der Waals surface area (Å²) in [5.74, 6) is 1.02. The summed E-state index contributed by atoms with van der Waals surface area (Å²) in [4.78, 5) is 17.4. The smallest absolute Gasteiger partial charge is 0.251 e. The molecule has 7 heteroatoms. The molecule has 0 spiro atoms. The van der Waals surface area contributed by atoms with Crippen molar-refractivity contribution in [2.45, 2.75) is 32.9 Å². The number of nitrogens with one attached hydrogen (secondary N) is 2. The largest absolute Gasteiger partial charge is 0.376 e. The van der Waals surface area contributed by atoms with E-state index in [-0.39, 0.29) is 11.4 Å². The Balaban J connectivity index is 1.58. The number of carbonyl (C=O) groups excluding carboxylic acids is 1. The predicted octanol–water partition coefficient (Wildman–Crippen LogP) is 3.94. The molecule has 2 N–H and O–H groups in total. The summed E-state index contributed by atoms with van der Waals surface area (Å²) < 4.78 is 5.25. The van der Waals surface area contributed by atoms with Crippen LogP contribution in [-0.2, 0) is 6.54 Å². The molecular weight excluding hydrogens is 336 g/mol. The third-order valence-electron chi connectivity index (χ3n) is 3.29. The zero-order valence-electron chi connectivity index (χ0n) is 14.4. The number of hydrogen-bond donors (Lipinski definition) is 2. The minimum Gasteiger partial charge on any atom is -0.376 e. The van der Waals surface area contributed by atoms with Gasteiger partial charge in [-0.05, 0) is 56.5 Å². The van der Waals surface area contributed by atoms with Gasteiger partial charge in [-0.1, -0.05) is 11.2 Å². The average molecular weight is 356 g/mol. The lowest BCUT2D eigenvalue weighted by Gasteiger charge is -2.20. The summed E-state index contributed by atoms with van der Waals surface area (Å²) in [6.45, 7) is 6.28. The van der Waals surface area contributed by atoms with Gasteiger partial charge in [0, 0.05) is 16.8 Å². The summed E-state index contributed by atoms with van der Waals surface area (Å²) >= 11 is 1.57. The molecule has 1 aromatic carbocycles. The molecular formula is C18H20N4O2S. The maximum Gasteiger partial charge on any atom is 0.251 e. The van der Waals surface area contributed by atoms with Gasteiger partial charge in [0.05, 0.1) is 11.4 Å². The molecule has 0 aliphatic heterocycles. The van der Waals surface area contributed by atoms with Crippen LogP contribution in [0.4, 0.5) is 5.69 Å². The number of benzene rings is 1. The molecule has 1 amide bonds. The molecule has 0 saturated carbocycles. The van der Waals surface area contributed by atoms with Crippen molar-refractivity contribution in [3.05, 3.63) is 53.2 Å². The molecule has 0 unspecified atom stereocenters. The van der Waals surface area contributed by atoms with Gasteiger partial charge in [0.15, 0.2) is 0 Å². The SMILES string of the molecule is CC(C)(C)NC(=O)c1ccc(NCc2nc(-c3cccs3)no2)cc1. The second-order valence-electron chi connectivity index (χ2n) is 6.62. The summed E-state index contributed by atoms with van der Waals surface area (Å²) in [6, 6.07) is 11.2. The lowest BCUT2D eigenvalue weighted by molar-refractivity contribution is 0.0919. The second kappa shape index (κ2) is 7.06. The van der Waals surface area contributed by atoms with E-state index in [1.165, 1.54) is 0 Å². The minimum absolute atomic E-state index is 0.0865. The first-order valence-corrected chi connectivity index (χ1v) is 8.81. The Kier molecular flexibility index (Phi) is 4.85. The number of thiophene rings is 1. The van der Waals surface area contributed by atoms with E-state index in [2.05, 4.69) is 20.8 Å². The fourth-order valence-electron chi connectivity index (χ4n) is 2.16. The van der Waals surface area contributed by atoms with Gasteiger partial charge in [0.2, 0.25) is 11.7 Å². The molecule has 0 radical (unpaired) electrons. The zero-order chi connectivity index (χ0) is 17.9. The van der Waals surface area contributed by atoms with Crippen molar-refractivity contribution in [2.24, 2.45) is 0 Å². The zero-order valence-corrected chi connectivity index (χ0v) is 15.2. The van der Waals surface area contributed by atoms with Crippen molar-refractivity contribution < 1.29 is 9.32 Å². The normalized spacial score (nSPS) is 11.3. The van der Waals surface area contributed by atoms with Crippen molar-refractivity contribution in [3.63, 3.8) is 0 Å². The highest BCUT2D eigenvalue weighted by Crippen LogP contribution is 2.21. The third-order valence-corrected chi connectivity index (χ3v) is 4.15. The molecule has 3 aromatic rings. The van der Waals surface area contributed by atoms with Crippen LogP contribution in [0, 0.1) is 0 Å². The molecule has 0 aliphatic carbocycles. The average Bonchev–Trinajstić information content (AvgIpc) is 3.23. The Morgan fingerprint density at radius 3 is 2.60 bits per heavy atom. The van der Waals surface area contributed by atoms with Crippen LogP contribution >= 0.6 is 11.3 Å². The highest BCUT2D eigenvalue weighted by molar-refractivity contribution is 7.13. The summed E-state index contributed by atoms with van der Waals surface area (Å²) in [5, 5.41) is 12.1. The van der Waals surface area contributed by atoms with Gasteiger partial charge in [-0.25, -0.2) is 0 Å². The topological polar surface area (TPSA) is 80.0 Å². The molecule has 2 aromatic heterocycles. The molecule has 0 fully saturated rings. The van der Waals surface area contributed by atoms with Crippen molar-refractivity contribution in [3.8, 4) is 10.7 Å². The molecule has 3 rings (SSSR count). The van der Waals surface area contributed by atoms with Gasteiger partial charge in [0.1, 0.15) is 0 Å². The van der Waals surface area contributed by atoms with Gasteiger partial charge < -0.3 is 15.2 Å². The van der Waals surface area contributed by atoms with Crippen LogP contribution in [0.15, 0.2) is 46.3 Å². The maximum atomic E-state index is 12.1. The van der Waals surface area contributed by atoms with Crippen LogP contribution in [0.2, 0.25) is 0 Å². The number of anilines is 1. The third kappa shape index (κ3) is 4.67. The van der Waals surface area contributed by atoms with E-state index >= 15 is 0 Å². The van der Waals surface area contributed by atoms with Crippen LogP contribution in [0.3, 0.4) is 0 Å². The summed E-state index contributed by atoms with van der Waals surface area (Å²) in [7, 11) is 0. The van der Waals surface area contributed by atoms with Gasteiger partial charge in [-0.15, -0.1) is 11.3 Å². The van der Waals surface area contributed by atoms with E-state index < -0.39 is 0 Å². The Bertz CT molecular complexity index is 833. The van der Waals surface area contributed by atoms with Crippen molar-refractivity contribution in [2.75, 3.05) is 5.32 Å². The first kappa shape index (κ1) is 17.2. The predicted molar refractivity (Wildman–Crippen MR) is 98.6 cm³/mol. The summed E-state index contributed by atoms with van der Waals surface area (Å²) in [6.07, 6.45) is 0. The van der Waals surface area contributed by atoms with Crippen LogP contribution < -0.4 is 10.6 Å². The molecule has 2 heterocycles. The number of carbonyl (C=O) groups is 1. The van der Waals surface area contributed by atoms with E-state index in [4.69, 9.17) is 4.52 Å². The monoisotopic (exact) mass is 356 g/mol. The van der Waals surface area contributed by atoms with Crippen molar-refractivity contribution >= 4 is 22.9 Å². The molecule has 0 saturated heterocycles. The molecule has 25 heavy (non-hydrogen) atoms. The van der Waals surface area contributed by atoms with Crippen LogP contribution in [0.5, 0.6) is 0 Å². The second-order valence-corrected chi connectivity index (χ2v) is 7.57. The van der Waals surface area contributed by atoms with Gasteiger partial charge in [0.25, 0.3) is 5.91 Å². The number of aromatic nitrogens is 2. The highest BCUT2D eigenvalue weighted by Gasteiger charge is 2.15. The standard InChI is InChI=1S/C18H20N4O2S/c1-18(2,3)21-17(23)12-6-8-13(9-7-12)19-11-15-20-16(22-24-15)14-5-4-10-25-14/h4-10,19H,11H2,1-3H3,(H,21,23). The van der Waals surface area contributed by atoms with E-state index in [9.17, 15) is 4.79 Å². The van der Waals surface area contributed by atoms with Crippen molar-refractivity contribution in [1.29, 1.82) is 0 Å². The van der Waals surface area contributed by atoms with Crippen LogP contribution in [-0.4, -0.2) is 21.6 Å². The fourth-order valence-corrected chi connectivity index (χ4v) is 2.81. The van der Waals surface area contributed by atoms with E-state index in [1.54, 1.807) is 23.5 Å². The Morgan fingerprint density at radius 1 is 1.20 bits per heavy atom. The molecule has 130 valence electrons. The van der Waals surface area contributed by atoms with E-state index in [0.29, 0.717) is 23.8 Å². The summed E-state index contributed by atoms with van der Waals surface area (Å²) in [5.41, 5.74) is 1.24. The van der Waals surface area contributed by atoms with Crippen LogP contribution in [0.25, 0.3) is 10.7 Å². The lowest BCUT2D eigenvalue weighted by atomic mass is 10.1. The first-order valence-electron chi connectivity index (χ1n) is 7.94. The van der Waals surface area contributed by atoms with Gasteiger partial charge in [-0.2, -0.15) is 4.98 Å². The molecule has 0 bridgehead atoms. The fraction of sp³-hybridized carbons (Fsp3) is 0.278. The van der Waals surface area contributed by atoms with E-state index in [0.717, 1.165) is 10.6 Å². The van der Waals surface area contributed by atoms with E-state index in [1.807, 2.05) is 50.4 Å². The van der Waals surface area contributed by atoms with Crippen LogP contribution in [0.1, 0.15) is 37.0 Å². The first-order chi connectivity index (χ1) is 11.9. The number of rotatable bonds is 5. The Labute approximate surface area is 150 Å². The van der Waals surface area contributed by atoms with Gasteiger partial charge in [-0.3, -0.25) is 4.79 Å². The van der Waals surface area contributed by atoms with Crippen molar-refractivity contribution in [1.82, 2.24) is 15.5 Å². The molecule has 6 nitrogen and oxygen atoms in total. The number of hydrogen-bond acceptors (Lipinski definition) is 6. The molecule has 0 aliphatic rings. The highest BCUT2D eigenvalue weighted by atomic mass is 32.1.